The Morgan fingerprint density at radius 2 is 2.04 bits per heavy atom. The molecular weight excluding hydrogens is 308 g/mol. The molecule has 0 spiro atoms. The van der Waals surface area contributed by atoms with Gasteiger partial charge in [-0.15, -0.1) is 0 Å². The summed E-state index contributed by atoms with van der Waals surface area (Å²) in [6.07, 6.45) is -0.638. The SMILES string of the molecule is CCOc1ccc([N+](=O)[O-])cc1CNCC(O)c1ccccc1C. The van der Waals surface area contributed by atoms with Crippen molar-refractivity contribution in [2.75, 3.05) is 13.2 Å². The van der Waals surface area contributed by atoms with E-state index in [1.165, 1.54) is 12.1 Å². The second-order valence-corrected chi connectivity index (χ2v) is 5.49. The lowest BCUT2D eigenvalue weighted by Gasteiger charge is -2.15. The van der Waals surface area contributed by atoms with Gasteiger partial charge in [0.15, 0.2) is 0 Å². The number of ether oxygens (including phenoxy) is 1. The van der Waals surface area contributed by atoms with Gasteiger partial charge in [-0.3, -0.25) is 10.1 Å². The number of nitrogens with zero attached hydrogens (tertiary/aromatic N) is 1. The summed E-state index contributed by atoms with van der Waals surface area (Å²) in [5, 5.41) is 24.4. The summed E-state index contributed by atoms with van der Waals surface area (Å²) in [5.74, 6) is 0.612. The summed E-state index contributed by atoms with van der Waals surface area (Å²) in [5.41, 5.74) is 2.61. The van der Waals surface area contributed by atoms with Gasteiger partial charge in [0.1, 0.15) is 5.75 Å². The maximum Gasteiger partial charge on any atom is 0.270 e. The van der Waals surface area contributed by atoms with Crippen LogP contribution >= 0.6 is 0 Å². The average Bonchev–Trinajstić information content (AvgIpc) is 2.56. The number of non-ortho nitro benzene ring substituents is 1. The maximum absolute atomic E-state index is 10.9. The number of rotatable bonds is 8. The summed E-state index contributed by atoms with van der Waals surface area (Å²) in [6.45, 7) is 5.02. The Morgan fingerprint density at radius 3 is 2.71 bits per heavy atom. The molecule has 2 N–H and O–H groups in total. The maximum atomic E-state index is 10.9. The molecule has 2 rings (SSSR count). The van der Waals surface area contributed by atoms with Crippen LogP contribution < -0.4 is 10.1 Å². The molecule has 128 valence electrons. The second kappa shape index (κ2) is 8.42. The quantitative estimate of drug-likeness (QED) is 0.574. The average molecular weight is 330 g/mol. The van der Waals surface area contributed by atoms with Gasteiger partial charge in [-0.2, -0.15) is 0 Å². The van der Waals surface area contributed by atoms with Crippen LogP contribution in [0.2, 0.25) is 0 Å². The van der Waals surface area contributed by atoms with E-state index in [4.69, 9.17) is 4.74 Å². The van der Waals surface area contributed by atoms with E-state index in [1.54, 1.807) is 6.07 Å². The highest BCUT2D eigenvalue weighted by Crippen LogP contribution is 2.24. The van der Waals surface area contributed by atoms with Gasteiger partial charge in [-0.05, 0) is 31.0 Å². The predicted molar refractivity (Wildman–Crippen MR) is 92.1 cm³/mol. The zero-order valence-corrected chi connectivity index (χ0v) is 13.9. The van der Waals surface area contributed by atoms with Gasteiger partial charge in [0, 0.05) is 30.8 Å². The van der Waals surface area contributed by atoms with E-state index in [0.29, 0.717) is 31.0 Å². The molecule has 0 bridgehead atoms. The zero-order chi connectivity index (χ0) is 17.5. The molecule has 0 aliphatic rings. The van der Waals surface area contributed by atoms with E-state index in [9.17, 15) is 15.2 Å². The van der Waals surface area contributed by atoms with Crippen molar-refractivity contribution in [3.05, 3.63) is 69.3 Å². The molecule has 0 saturated heterocycles. The number of aliphatic hydroxyl groups is 1. The van der Waals surface area contributed by atoms with Crippen molar-refractivity contribution in [3.63, 3.8) is 0 Å². The third-order valence-corrected chi connectivity index (χ3v) is 3.76. The van der Waals surface area contributed by atoms with Crippen LogP contribution in [0.25, 0.3) is 0 Å². The zero-order valence-electron chi connectivity index (χ0n) is 13.9. The number of aliphatic hydroxyl groups excluding tert-OH is 1. The molecule has 2 aromatic rings. The van der Waals surface area contributed by atoms with Crippen LogP contribution in [-0.2, 0) is 6.54 Å². The Balaban J connectivity index is 2.04. The first-order valence-electron chi connectivity index (χ1n) is 7.87. The molecule has 6 heteroatoms. The van der Waals surface area contributed by atoms with Crippen molar-refractivity contribution in [2.24, 2.45) is 0 Å². The van der Waals surface area contributed by atoms with Crippen LogP contribution in [0.1, 0.15) is 29.7 Å². The molecule has 1 unspecified atom stereocenters. The van der Waals surface area contributed by atoms with Gasteiger partial charge in [0.25, 0.3) is 5.69 Å². The molecule has 0 aliphatic carbocycles. The minimum atomic E-state index is -0.638. The molecule has 0 fully saturated rings. The molecule has 0 aliphatic heterocycles. The summed E-state index contributed by atoms with van der Waals surface area (Å²) in [6, 6.07) is 12.2. The van der Waals surface area contributed by atoms with Gasteiger partial charge in [0.2, 0.25) is 0 Å². The van der Waals surface area contributed by atoms with Gasteiger partial charge in [-0.1, -0.05) is 24.3 Å². The summed E-state index contributed by atoms with van der Waals surface area (Å²) >= 11 is 0. The van der Waals surface area contributed by atoms with Crippen molar-refractivity contribution in [1.82, 2.24) is 5.32 Å². The molecule has 2 aromatic carbocycles. The lowest BCUT2D eigenvalue weighted by molar-refractivity contribution is -0.384. The van der Waals surface area contributed by atoms with E-state index >= 15 is 0 Å². The molecule has 24 heavy (non-hydrogen) atoms. The second-order valence-electron chi connectivity index (χ2n) is 5.49. The highest BCUT2D eigenvalue weighted by molar-refractivity contribution is 5.43. The van der Waals surface area contributed by atoms with Crippen molar-refractivity contribution in [3.8, 4) is 5.75 Å². The third-order valence-electron chi connectivity index (χ3n) is 3.76. The van der Waals surface area contributed by atoms with Gasteiger partial charge in [-0.25, -0.2) is 0 Å². The van der Waals surface area contributed by atoms with E-state index in [0.717, 1.165) is 11.1 Å². The molecule has 1 atom stereocenters. The molecule has 6 nitrogen and oxygen atoms in total. The molecule has 0 amide bonds. The van der Waals surface area contributed by atoms with Crippen LogP contribution in [0.3, 0.4) is 0 Å². The number of nitro benzene ring substituents is 1. The summed E-state index contributed by atoms with van der Waals surface area (Å²) in [7, 11) is 0. The molecule has 0 radical (unpaired) electrons. The van der Waals surface area contributed by atoms with Crippen molar-refractivity contribution >= 4 is 5.69 Å². The first-order chi connectivity index (χ1) is 11.5. The Morgan fingerprint density at radius 1 is 1.29 bits per heavy atom. The third kappa shape index (κ3) is 4.53. The lowest BCUT2D eigenvalue weighted by atomic mass is 10.0. The fourth-order valence-electron chi connectivity index (χ4n) is 2.53. The van der Waals surface area contributed by atoms with Gasteiger partial charge < -0.3 is 15.2 Å². The van der Waals surface area contributed by atoms with Crippen molar-refractivity contribution in [2.45, 2.75) is 26.5 Å². The Labute approximate surface area is 141 Å². The normalized spacial score (nSPS) is 12.0. The number of hydrogen-bond donors (Lipinski definition) is 2. The highest BCUT2D eigenvalue weighted by Gasteiger charge is 2.13. The summed E-state index contributed by atoms with van der Waals surface area (Å²) < 4.78 is 5.51. The standard InChI is InChI=1S/C18H22N2O4/c1-3-24-18-9-8-15(20(22)23)10-14(18)11-19-12-17(21)16-7-5-4-6-13(16)2/h4-10,17,19,21H,3,11-12H2,1-2H3. The topological polar surface area (TPSA) is 84.6 Å². The van der Waals surface area contributed by atoms with Gasteiger partial charge >= 0.3 is 0 Å². The first kappa shape index (κ1) is 17.9. The van der Waals surface area contributed by atoms with Crippen LogP contribution in [0.15, 0.2) is 42.5 Å². The first-order valence-corrected chi connectivity index (χ1v) is 7.87. The van der Waals surface area contributed by atoms with Crippen LogP contribution in [0.5, 0.6) is 5.75 Å². The minimum absolute atomic E-state index is 0.0229. The number of aryl methyl sites for hydroxylation is 1. The fraction of sp³-hybridized carbons (Fsp3) is 0.333. The lowest BCUT2D eigenvalue weighted by Crippen LogP contribution is -2.22. The molecule has 0 heterocycles. The van der Waals surface area contributed by atoms with Crippen molar-refractivity contribution in [1.29, 1.82) is 0 Å². The van der Waals surface area contributed by atoms with E-state index < -0.39 is 11.0 Å². The fourth-order valence-corrected chi connectivity index (χ4v) is 2.53. The number of hydrogen-bond acceptors (Lipinski definition) is 5. The molecule has 0 saturated carbocycles. The minimum Gasteiger partial charge on any atom is -0.494 e. The molecular formula is C18H22N2O4. The smallest absolute Gasteiger partial charge is 0.270 e. The Hall–Kier alpha value is -2.44. The molecule has 0 aromatic heterocycles. The predicted octanol–water partition coefficient (Wildman–Crippen LogP) is 3.13. The van der Waals surface area contributed by atoms with Crippen LogP contribution in [0.4, 0.5) is 5.69 Å². The summed E-state index contributed by atoms with van der Waals surface area (Å²) in [4.78, 5) is 10.5. The Bertz CT molecular complexity index is 703. The van der Waals surface area contributed by atoms with Crippen LogP contribution in [0, 0.1) is 17.0 Å². The van der Waals surface area contributed by atoms with Gasteiger partial charge in [0.05, 0.1) is 17.6 Å². The number of nitrogens with one attached hydrogen (secondary N) is 1. The van der Waals surface area contributed by atoms with E-state index in [1.807, 2.05) is 38.1 Å². The van der Waals surface area contributed by atoms with E-state index in [2.05, 4.69) is 5.32 Å². The Kier molecular flexibility index (Phi) is 6.28. The van der Waals surface area contributed by atoms with Crippen molar-refractivity contribution < 1.29 is 14.8 Å². The van der Waals surface area contributed by atoms with Crippen LogP contribution in [-0.4, -0.2) is 23.2 Å². The number of benzene rings is 2. The largest absolute Gasteiger partial charge is 0.494 e. The van der Waals surface area contributed by atoms with E-state index in [-0.39, 0.29) is 5.69 Å². The highest BCUT2D eigenvalue weighted by atomic mass is 16.6. The number of nitro groups is 1. The monoisotopic (exact) mass is 330 g/mol.